The molecule has 30 heavy (non-hydrogen) atoms. The second kappa shape index (κ2) is 9.52. The van der Waals surface area contributed by atoms with E-state index in [4.69, 9.17) is 4.74 Å². The molecule has 0 fully saturated rings. The Morgan fingerprint density at radius 1 is 0.833 bits per heavy atom. The van der Waals surface area contributed by atoms with Gasteiger partial charge in [0.2, 0.25) is 5.91 Å². The Bertz CT molecular complexity index is 1070. The van der Waals surface area contributed by atoms with E-state index in [-0.39, 0.29) is 11.8 Å². The number of hydrogen-bond acceptors (Lipinski definition) is 4. The molecular formula is C24H22N2O4. The molecule has 3 rings (SSSR count). The summed E-state index contributed by atoms with van der Waals surface area (Å²) in [5, 5.41) is 5.62. The van der Waals surface area contributed by atoms with Gasteiger partial charge in [0, 0.05) is 23.9 Å². The van der Waals surface area contributed by atoms with Gasteiger partial charge in [-0.25, -0.2) is 0 Å². The number of rotatable bonds is 6. The van der Waals surface area contributed by atoms with Crippen LogP contribution in [0, 0.1) is 6.92 Å². The zero-order valence-corrected chi connectivity index (χ0v) is 16.8. The van der Waals surface area contributed by atoms with Gasteiger partial charge in [0.15, 0.2) is 0 Å². The van der Waals surface area contributed by atoms with E-state index in [1.54, 1.807) is 42.5 Å². The lowest BCUT2D eigenvalue weighted by Gasteiger charge is -2.09. The van der Waals surface area contributed by atoms with Gasteiger partial charge in [0.25, 0.3) is 5.91 Å². The van der Waals surface area contributed by atoms with Gasteiger partial charge < -0.3 is 15.4 Å². The third-order valence-corrected chi connectivity index (χ3v) is 4.23. The molecule has 2 N–H and O–H groups in total. The lowest BCUT2D eigenvalue weighted by atomic mass is 10.1. The molecular weight excluding hydrogens is 380 g/mol. The van der Waals surface area contributed by atoms with Crippen molar-refractivity contribution in [3.05, 3.63) is 89.5 Å². The third-order valence-electron chi connectivity index (χ3n) is 4.23. The molecule has 0 heterocycles. The Morgan fingerprint density at radius 3 is 2.17 bits per heavy atom. The van der Waals surface area contributed by atoms with Gasteiger partial charge in [-0.2, -0.15) is 0 Å². The molecule has 0 unspecified atom stereocenters. The summed E-state index contributed by atoms with van der Waals surface area (Å²) in [6.07, 6.45) is 0.291. The molecule has 6 heteroatoms. The van der Waals surface area contributed by atoms with Crippen LogP contribution < -0.4 is 15.4 Å². The van der Waals surface area contributed by atoms with Crippen molar-refractivity contribution in [2.24, 2.45) is 0 Å². The van der Waals surface area contributed by atoms with Gasteiger partial charge in [-0.05, 0) is 55.0 Å². The molecule has 3 aromatic rings. The number of carbonyl (C=O) groups excluding carboxylic acids is 3. The summed E-state index contributed by atoms with van der Waals surface area (Å²) < 4.78 is 5.00. The summed E-state index contributed by atoms with van der Waals surface area (Å²) in [4.78, 5) is 35.7. The van der Waals surface area contributed by atoms with E-state index >= 15 is 0 Å². The molecule has 0 atom stereocenters. The quantitative estimate of drug-likeness (QED) is 0.474. The number of carbonyl (C=O) groups is 3. The van der Waals surface area contributed by atoms with E-state index in [9.17, 15) is 14.4 Å². The molecule has 0 saturated carbocycles. The first-order valence-corrected chi connectivity index (χ1v) is 9.44. The summed E-state index contributed by atoms with van der Waals surface area (Å²) in [6.45, 7) is 3.29. The van der Waals surface area contributed by atoms with Gasteiger partial charge in [0.05, 0.1) is 6.42 Å². The Kier molecular flexibility index (Phi) is 6.60. The molecule has 0 spiro atoms. The highest BCUT2D eigenvalue weighted by molar-refractivity contribution is 6.04. The monoisotopic (exact) mass is 402 g/mol. The van der Waals surface area contributed by atoms with Crippen LogP contribution in [0.4, 0.5) is 11.4 Å². The van der Waals surface area contributed by atoms with Crippen molar-refractivity contribution in [3.63, 3.8) is 0 Å². The number of anilines is 2. The lowest BCUT2D eigenvalue weighted by Crippen LogP contribution is -2.15. The summed E-state index contributed by atoms with van der Waals surface area (Å²) >= 11 is 0. The predicted molar refractivity (Wildman–Crippen MR) is 116 cm³/mol. The van der Waals surface area contributed by atoms with E-state index < -0.39 is 5.97 Å². The highest BCUT2D eigenvalue weighted by atomic mass is 16.5. The van der Waals surface area contributed by atoms with Crippen LogP contribution in [0.15, 0.2) is 72.8 Å². The zero-order valence-electron chi connectivity index (χ0n) is 16.8. The second-order valence-corrected chi connectivity index (χ2v) is 6.87. The number of ether oxygens (including phenoxy) is 1. The summed E-state index contributed by atoms with van der Waals surface area (Å²) in [6, 6.07) is 21.0. The minimum atomic E-state index is -0.451. The summed E-state index contributed by atoms with van der Waals surface area (Å²) in [7, 11) is 0. The van der Waals surface area contributed by atoms with Gasteiger partial charge >= 0.3 is 5.97 Å². The maximum Gasteiger partial charge on any atom is 0.308 e. The topological polar surface area (TPSA) is 84.5 Å². The first-order chi connectivity index (χ1) is 14.4. The van der Waals surface area contributed by atoms with E-state index in [1.165, 1.54) is 13.0 Å². The molecule has 0 aliphatic heterocycles. The molecule has 0 bridgehead atoms. The lowest BCUT2D eigenvalue weighted by molar-refractivity contribution is -0.131. The van der Waals surface area contributed by atoms with Crippen LogP contribution in [0.25, 0.3) is 0 Å². The Hall–Kier alpha value is -3.93. The average molecular weight is 402 g/mol. The minimum Gasteiger partial charge on any atom is -0.427 e. The summed E-state index contributed by atoms with van der Waals surface area (Å²) in [5.41, 5.74) is 3.65. The molecule has 3 aromatic carbocycles. The van der Waals surface area contributed by atoms with Crippen molar-refractivity contribution in [1.29, 1.82) is 0 Å². The van der Waals surface area contributed by atoms with Crippen molar-refractivity contribution in [2.45, 2.75) is 20.3 Å². The molecule has 0 radical (unpaired) electrons. The molecule has 152 valence electrons. The number of amides is 2. The number of nitrogens with one attached hydrogen (secondary N) is 2. The third kappa shape index (κ3) is 6.04. The molecule has 6 nitrogen and oxygen atoms in total. The van der Waals surface area contributed by atoms with E-state index in [0.29, 0.717) is 29.1 Å². The fraction of sp³-hybridized carbons (Fsp3) is 0.125. The molecule has 0 aliphatic carbocycles. The Balaban J connectivity index is 1.58. The number of hydrogen-bond donors (Lipinski definition) is 2. The first-order valence-electron chi connectivity index (χ1n) is 9.44. The maximum atomic E-state index is 12.4. The standard InChI is InChI=1S/C24H22N2O4/c1-16-5-3-6-18(13-16)14-23(28)25-20-9-11-21(12-10-20)26-24(29)19-7-4-8-22(15-19)30-17(2)27/h3-13,15H,14H2,1-2H3,(H,25,28)(H,26,29). The SMILES string of the molecule is CC(=O)Oc1cccc(C(=O)Nc2ccc(NC(=O)Cc3cccc(C)c3)cc2)c1. The van der Waals surface area contributed by atoms with Crippen molar-refractivity contribution in [2.75, 3.05) is 10.6 Å². The van der Waals surface area contributed by atoms with Crippen LogP contribution in [0.1, 0.15) is 28.4 Å². The van der Waals surface area contributed by atoms with E-state index in [0.717, 1.165) is 11.1 Å². The highest BCUT2D eigenvalue weighted by Gasteiger charge is 2.09. The van der Waals surface area contributed by atoms with Gasteiger partial charge in [-0.15, -0.1) is 0 Å². The molecule has 0 saturated heterocycles. The van der Waals surface area contributed by atoms with Crippen molar-refractivity contribution in [3.8, 4) is 5.75 Å². The van der Waals surface area contributed by atoms with Crippen LogP contribution in [0.2, 0.25) is 0 Å². The first kappa shape index (κ1) is 20.8. The second-order valence-electron chi connectivity index (χ2n) is 6.87. The zero-order chi connectivity index (χ0) is 21.5. The molecule has 2 amide bonds. The highest BCUT2D eigenvalue weighted by Crippen LogP contribution is 2.18. The van der Waals surface area contributed by atoms with Crippen LogP contribution >= 0.6 is 0 Å². The normalized spacial score (nSPS) is 10.2. The number of benzene rings is 3. The van der Waals surface area contributed by atoms with Crippen LogP contribution in [-0.4, -0.2) is 17.8 Å². The Labute approximate surface area is 174 Å². The van der Waals surface area contributed by atoms with Crippen molar-refractivity contribution in [1.82, 2.24) is 0 Å². The van der Waals surface area contributed by atoms with Crippen molar-refractivity contribution < 1.29 is 19.1 Å². The predicted octanol–water partition coefficient (Wildman–Crippen LogP) is 4.35. The van der Waals surface area contributed by atoms with Crippen LogP contribution in [0.5, 0.6) is 5.75 Å². The molecule has 0 aromatic heterocycles. The van der Waals surface area contributed by atoms with E-state index in [2.05, 4.69) is 10.6 Å². The van der Waals surface area contributed by atoms with Crippen LogP contribution in [0.3, 0.4) is 0 Å². The van der Waals surface area contributed by atoms with E-state index in [1.807, 2.05) is 31.2 Å². The van der Waals surface area contributed by atoms with Crippen molar-refractivity contribution >= 4 is 29.2 Å². The number of aryl methyl sites for hydroxylation is 1. The number of esters is 1. The molecule has 0 aliphatic rings. The van der Waals surface area contributed by atoms with Crippen LogP contribution in [-0.2, 0) is 16.0 Å². The largest absolute Gasteiger partial charge is 0.427 e. The maximum absolute atomic E-state index is 12.4. The van der Waals surface area contributed by atoms with Gasteiger partial charge in [-0.3, -0.25) is 14.4 Å². The van der Waals surface area contributed by atoms with Gasteiger partial charge in [-0.1, -0.05) is 35.9 Å². The average Bonchev–Trinajstić information content (AvgIpc) is 2.69. The Morgan fingerprint density at radius 2 is 1.50 bits per heavy atom. The summed E-state index contributed by atoms with van der Waals surface area (Å²) in [5.74, 6) is -0.589. The van der Waals surface area contributed by atoms with Gasteiger partial charge in [0.1, 0.15) is 5.75 Å². The fourth-order valence-electron chi connectivity index (χ4n) is 2.92. The fourth-order valence-corrected chi connectivity index (χ4v) is 2.92. The minimum absolute atomic E-state index is 0.111. The smallest absolute Gasteiger partial charge is 0.308 e.